The molecule has 0 aliphatic carbocycles. The molecule has 0 heterocycles. The van der Waals surface area contributed by atoms with Gasteiger partial charge in [0.1, 0.15) is 0 Å². The number of hydrogen-bond acceptors (Lipinski definition) is 4. The van der Waals surface area contributed by atoms with E-state index >= 15 is 0 Å². The third-order valence-corrected chi connectivity index (χ3v) is 0. The Labute approximate surface area is 82.2 Å². The summed E-state index contributed by atoms with van der Waals surface area (Å²) in [6.45, 7) is 0. The Morgan fingerprint density at radius 1 is 1.00 bits per heavy atom. The van der Waals surface area contributed by atoms with Crippen LogP contribution in [-0.4, -0.2) is 17.5 Å². The molecule has 0 aliphatic rings. The molecule has 4 nitrogen and oxygen atoms in total. The van der Waals surface area contributed by atoms with Crippen molar-refractivity contribution >= 4 is 10.4 Å². The van der Waals surface area contributed by atoms with Gasteiger partial charge < -0.3 is 9.11 Å². The number of hydrogen-bond donors (Lipinski definition) is 0. The summed E-state index contributed by atoms with van der Waals surface area (Å²) < 4.78 is 34.1. The topological polar surface area (TPSA) is 80.3 Å². The van der Waals surface area contributed by atoms with E-state index in [0.29, 0.717) is 0 Å². The molecule has 0 aliphatic heterocycles. The third-order valence-electron chi connectivity index (χ3n) is 0. The largest absolute Gasteiger partial charge is 1.00 e. The summed E-state index contributed by atoms with van der Waals surface area (Å²) >= 11 is 0. The van der Waals surface area contributed by atoms with Crippen LogP contribution in [0.1, 0.15) is 0 Å². The Morgan fingerprint density at radius 2 is 1.00 bits per heavy atom. The molecule has 0 aromatic rings. The van der Waals surface area contributed by atoms with Crippen molar-refractivity contribution in [1.82, 2.24) is 0 Å². The van der Waals surface area contributed by atoms with E-state index in [4.69, 9.17) is 17.5 Å². The van der Waals surface area contributed by atoms with Crippen LogP contribution < -0.4 is 37.7 Å². The molecular weight excluding hydrogens is 166 g/mol. The molecular formula is FeLi2O4S. The van der Waals surface area contributed by atoms with Crippen LogP contribution in [-0.2, 0) is 27.5 Å². The van der Waals surface area contributed by atoms with Crippen LogP contribution in [0, 0.1) is 0 Å². The third kappa shape index (κ3) is 131. The summed E-state index contributed by atoms with van der Waals surface area (Å²) in [5.41, 5.74) is 0. The van der Waals surface area contributed by atoms with Crippen molar-refractivity contribution in [1.29, 1.82) is 0 Å². The van der Waals surface area contributed by atoms with E-state index < -0.39 is 10.4 Å². The van der Waals surface area contributed by atoms with Crippen LogP contribution in [0.5, 0.6) is 0 Å². The second-order valence-corrected chi connectivity index (χ2v) is 1.22. The maximum atomic E-state index is 8.52. The SMILES string of the molecule is O=S(=O)([O-])[O-].[Fe].[Li+].[Li+]. The molecule has 0 aromatic heterocycles. The second kappa shape index (κ2) is 8.58. The van der Waals surface area contributed by atoms with E-state index in [2.05, 4.69) is 0 Å². The first kappa shape index (κ1) is 22.6. The first-order valence-corrected chi connectivity index (χ1v) is 2.00. The molecule has 40 valence electrons. The summed E-state index contributed by atoms with van der Waals surface area (Å²) in [4.78, 5) is 0. The summed E-state index contributed by atoms with van der Waals surface area (Å²) in [6, 6.07) is 0. The van der Waals surface area contributed by atoms with Gasteiger partial charge in [0.25, 0.3) is 0 Å². The number of rotatable bonds is 0. The average molecular weight is 166 g/mol. The van der Waals surface area contributed by atoms with Crippen LogP contribution in [0.2, 0.25) is 0 Å². The monoisotopic (exact) mass is 166 g/mol. The fourth-order valence-corrected chi connectivity index (χ4v) is 0. The second-order valence-electron chi connectivity index (χ2n) is 0.408. The molecule has 0 N–H and O–H groups in total. The zero-order valence-corrected chi connectivity index (χ0v) is 6.32. The van der Waals surface area contributed by atoms with Crippen molar-refractivity contribution in [2.24, 2.45) is 0 Å². The van der Waals surface area contributed by atoms with E-state index in [1.54, 1.807) is 0 Å². The zero-order valence-electron chi connectivity index (χ0n) is 4.39. The van der Waals surface area contributed by atoms with E-state index in [9.17, 15) is 0 Å². The van der Waals surface area contributed by atoms with Crippen LogP contribution in [0.4, 0.5) is 0 Å². The van der Waals surface area contributed by atoms with Gasteiger partial charge in [0.2, 0.25) is 0 Å². The van der Waals surface area contributed by atoms with Gasteiger partial charge in [-0.25, -0.2) is 0 Å². The molecule has 0 aromatic carbocycles. The van der Waals surface area contributed by atoms with Gasteiger partial charge in [-0.1, -0.05) is 0 Å². The van der Waals surface area contributed by atoms with E-state index in [1.807, 2.05) is 0 Å². The molecule has 0 atom stereocenters. The first-order chi connectivity index (χ1) is 2.00. The molecule has 0 bridgehead atoms. The fourth-order valence-electron chi connectivity index (χ4n) is 0. The standard InChI is InChI=1S/Fe.2Li.H2O4S/c;;;1-5(2,3)4/h;;;(H2,1,2,3,4)/q;2*+1;/p-2. The summed E-state index contributed by atoms with van der Waals surface area (Å²) in [6.07, 6.45) is 0. The van der Waals surface area contributed by atoms with E-state index in [-0.39, 0.29) is 54.8 Å². The van der Waals surface area contributed by atoms with Crippen LogP contribution in [0.25, 0.3) is 0 Å². The Morgan fingerprint density at radius 3 is 1.00 bits per heavy atom. The summed E-state index contributed by atoms with van der Waals surface area (Å²) in [5.74, 6) is 0. The molecule has 0 radical (unpaired) electrons. The van der Waals surface area contributed by atoms with Gasteiger partial charge in [-0.2, -0.15) is 0 Å². The predicted octanol–water partition coefficient (Wildman–Crippen LogP) is -7.33. The predicted molar refractivity (Wildman–Crippen MR) is 10.5 cm³/mol. The molecule has 0 spiro atoms. The molecule has 0 amide bonds. The van der Waals surface area contributed by atoms with E-state index in [1.165, 1.54) is 0 Å². The molecule has 0 rings (SSSR count). The normalized spacial score (nSPS) is 7.25. The van der Waals surface area contributed by atoms with Gasteiger partial charge in [-0.3, -0.25) is 8.42 Å². The maximum Gasteiger partial charge on any atom is 1.00 e. The minimum atomic E-state index is -5.17. The van der Waals surface area contributed by atoms with Crippen molar-refractivity contribution < 1.29 is 72.3 Å². The van der Waals surface area contributed by atoms with Gasteiger partial charge in [-0.15, -0.1) is 0 Å². The Hall–Kier alpha value is 1.58. The van der Waals surface area contributed by atoms with Gasteiger partial charge in [-0.05, 0) is 0 Å². The average Bonchev–Trinajstić information content (AvgIpc) is 0.722. The molecule has 8 heavy (non-hydrogen) atoms. The van der Waals surface area contributed by atoms with Crippen molar-refractivity contribution in [3.8, 4) is 0 Å². The maximum absolute atomic E-state index is 8.52. The molecule has 0 saturated carbocycles. The van der Waals surface area contributed by atoms with Crippen LogP contribution in [0.3, 0.4) is 0 Å². The quantitative estimate of drug-likeness (QED) is 0.203. The van der Waals surface area contributed by atoms with Gasteiger partial charge >= 0.3 is 37.7 Å². The van der Waals surface area contributed by atoms with E-state index in [0.717, 1.165) is 0 Å². The van der Waals surface area contributed by atoms with Crippen LogP contribution in [0.15, 0.2) is 0 Å². The molecule has 0 saturated heterocycles. The smallest absolute Gasteiger partial charge is 0.759 e. The minimum Gasteiger partial charge on any atom is -0.759 e. The molecule has 0 unspecified atom stereocenters. The fraction of sp³-hybridized carbons (Fsp3) is 0. The summed E-state index contributed by atoms with van der Waals surface area (Å²) in [5, 5.41) is 0. The Balaban J connectivity index is -0.0000000267. The zero-order chi connectivity index (χ0) is 4.50. The van der Waals surface area contributed by atoms with Crippen molar-refractivity contribution in [2.45, 2.75) is 0 Å². The van der Waals surface area contributed by atoms with Gasteiger partial charge in [0, 0.05) is 27.5 Å². The minimum absolute atomic E-state index is 0. The first-order valence-electron chi connectivity index (χ1n) is 0.667. The van der Waals surface area contributed by atoms with Crippen LogP contribution >= 0.6 is 0 Å². The van der Waals surface area contributed by atoms with Crippen molar-refractivity contribution in [3.05, 3.63) is 0 Å². The summed E-state index contributed by atoms with van der Waals surface area (Å²) in [7, 11) is -5.17. The van der Waals surface area contributed by atoms with Crippen molar-refractivity contribution in [2.75, 3.05) is 0 Å². The Bertz CT molecular complexity index is 97.2. The Kier molecular flexibility index (Phi) is 24.3. The van der Waals surface area contributed by atoms with Gasteiger partial charge in [0.15, 0.2) is 0 Å². The van der Waals surface area contributed by atoms with Crippen molar-refractivity contribution in [3.63, 3.8) is 0 Å². The molecule has 8 heteroatoms. The molecule has 0 fully saturated rings. The van der Waals surface area contributed by atoms with Gasteiger partial charge in [0.05, 0.1) is 0 Å².